The maximum absolute atomic E-state index is 5.27. The molecule has 2 nitrogen and oxygen atoms in total. The zero-order valence-corrected chi connectivity index (χ0v) is 7.67. The molecule has 0 fully saturated rings. The second-order valence-corrected chi connectivity index (χ2v) is 1.98. The van der Waals surface area contributed by atoms with Crippen LogP contribution in [0.3, 0.4) is 0 Å². The number of nitrogens with zero attached hydrogens (tertiary/aromatic N) is 2. The number of rotatable bonds is 0. The fourth-order valence-corrected chi connectivity index (χ4v) is 0.518. The van der Waals surface area contributed by atoms with Gasteiger partial charge in [0, 0.05) is 37.2 Å². The topological polar surface area (TPSA) is 25.8 Å². The normalized spacial score (nSPS) is 7.57. The average molecular weight is 208 g/mol. The summed E-state index contributed by atoms with van der Waals surface area (Å²) in [6, 6.07) is 0. The van der Waals surface area contributed by atoms with Crippen LogP contribution in [0.4, 0.5) is 0 Å². The maximum atomic E-state index is 5.27. The Bertz CT molecular complexity index is 119. The van der Waals surface area contributed by atoms with Crippen molar-refractivity contribution in [1.82, 2.24) is 9.36 Å². The van der Waals surface area contributed by atoms with Crippen LogP contribution >= 0.6 is 23.1 Å². The van der Waals surface area contributed by atoms with Gasteiger partial charge in [-0.05, 0) is 6.33 Å². The van der Waals surface area contributed by atoms with Crippen molar-refractivity contribution < 1.29 is 32.7 Å². The molecule has 1 aromatic heterocycles. The van der Waals surface area contributed by atoms with E-state index in [1.54, 1.807) is 0 Å². The molecule has 7 heavy (non-hydrogen) atoms. The van der Waals surface area contributed by atoms with Crippen LogP contribution in [0.2, 0.25) is 4.47 Å². The van der Waals surface area contributed by atoms with Gasteiger partial charge in [-0.25, -0.2) is 0 Å². The van der Waals surface area contributed by atoms with Crippen molar-refractivity contribution in [3.05, 3.63) is 10.8 Å². The summed E-state index contributed by atoms with van der Waals surface area (Å²) in [6.45, 7) is 0. The van der Waals surface area contributed by atoms with Crippen LogP contribution in [0.5, 0.6) is 0 Å². The third kappa shape index (κ3) is 2.70. The van der Waals surface area contributed by atoms with Gasteiger partial charge < -0.3 is 9.36 Å². The second-order valence-electron chi connectivity index (χ2n) is 0.647. The predicted molar refractivity (Wildman–Crippen MR) is 23.8 cm³/mol. The van der Waals surface area contributed by atoms with E-state index in [4.69, 9.17) is 11.6 Å². The van der Waals surface area contributed by atoms with Crippen LogP contribution in [0.15, 0.2) is 0 Å². The Hall–Kier alpha value is 0.954. The minimum Gasteiger partial charge on any atom is -0.411 e. The summed E-state index contributed by atoms with van der Waals surface area (Å²) < 4.78 is 3.94. The van der Waals surface area contributed by atoms with Crippen molar-refractivity contribution in [2.75, 3.05) is 0 Å². The molecule has 0 saturated heterocycles. The maximum Gasteiger partial charge on any atom is 0.0440 e. The molecule has 1 rings (SSSR count). The summed E-state index contributed by atoms with van der Waals surface area (Å²) in [4.78, 5) is 3.46. The Morgan fingerprint density at radius 1 is 1.71 bits per heavy atom. The Morgan fingerprint density at radius 2 is 2.43 bits per heavy atom. The first kappa shape index (κ1) is 7.95. The van der Waals surface area contributed by atoms with Crippen molar-refractivity contribution in [2.24, 2.45) is 0 Å². The monoisotopic (exact) mass is 208 g/mol. The summed E-state index contributed by atoms with van der Waals surface area (Å²) in [5.41, 5.74) is 0. The quantitative estimate of drug-likeness (QED) is 0.594. The van der Waals surface area contributed by atoms with Crippen molar-refractivity contribution in [2.45, 2.75) is 0 Å². The van der Waals surface area contributed by atoms with Crippen LogP contribution < -0.4 is 0 Å². The van der Waals surface area contributed by atoms with E-state index in [-0.39, 0.29) is 32.7 Å². The number of hydrogen-bond donors (Lipinski definition) is 0. The Balaban J connectivity index is 0.000000360. The fourth-order valence-electron chi connectivity index (χ4n) is 0.138. The van der Waals surface area contributed by atoms with Gasteiger partial charge in [0.15, 0.2) is 0 Å². The summed E-state index contributed by atoms with van der Waals surface area (Å²) in [7, 11) is 0. The molecule has 0 unspecified atom stereocenters. The third-order valence-corrected chi connectivity index (χ3v) is 1.01. The first-order valence-corrected chi connectivity index (χ1v) is 2.40. The van der Waals surface area contributed by atoms with E-state index in [2.05, 4.69) is 15.7 Å². The van der Waals surface area contributed by atoms with Gasteiger partial charge in [-0.15, -0.1) is 11.5 Å². The SMILES string of the molecule is Clc1n[c-]ns1.[Y]. The van der Waals surface area contributed by atoms with E-state index in [9.17, 15) is 0 Å². The molecule has 5 heteroatoms. The van der Waals surface area contributed by atoms with Crippen LogP contribution in [-0.2, 0) is 32.7 Å². The number of halogens is 1. The molecule has 0 bridgehead atoms. The molecule has 0 N–H and O–H groups in total. The largest absolute Gasteiger partial charge is 0.411 e. The van der Waals surface area contributed by atoms with Gasteiger partial charge in [0.1, 0.15) is 0 Å². The van der Waals surface area contributed by atoms with Crippen molar-refractivity contribution in [1.29, 1.82) is 0 Å². The minimum absolute atomic E-state index is 0. The van der Waals surface area contributed by atoms with Gasteiger partial charge in [-0.2, -0.15) is 11.6 Å². The van der Waals surface area contributed by atoms with Crippen molar-refractivity contribution in [3.63, 3.8) is 0 Å². The van der Waals surface area contributed by atoms with E-state index < -0.39 is 0 Å². The molecule has 0 aliphatic heterocycles. The molecule has 1 aromatic rings. The van der Waals surface area contributed by atoms with Crippen LogP contribution in [-0.4, -0.2) is 9.36 Å². The molecule has 35 valence electrons. The molecule has 1 radical (unpaired) electrons. The number of aromatic nitrogens is 2. The van der Waals surface area contributed by atoms with Crippen molar-refractivity contribution >= 4 is 23.1 Å². The molecule has 0 aliphatic carbocycles. The fraction of sp³-hybridized carbons (Fsp3) is 0. The molecular formula is C2ClN2SY-. The predicted octanol–water partition coefficient (Wildman–Crippen LogP) is 0.989. The molecule has 0 spiro atoms. The van der Waals surface area contributed by atoms with E-state index >= 15 is 0 Å². The molecule has 0 saturated carbocycles. The Morgan fingerprint density at radius 3 is 2.57 bits per heavy atom. The molecule has 0 amide bonds. The number of hydrogen-bond acceptors (Lipinski definition) is 3. The molecular weight excluding hydrogens is 208 g/mol. The van der Waals surface area contributed by atoms with Gasteiger partial charge in [0.05, 0.1) is 0 Å². The van der Waals surface area contributed by atoms with Crippen LogP contribution in [0.1, 0.15) is 0 Å². The molecule has 1 heterocycles. The van der Waals surface area contributed by atoms with E-state index in [1.165, 1.54) is 0 Å². The Kier molecular flexibility index (Phi) is 4.43. The smallest absolute Gasteiger partial charge is 0.0440 e. The molecule has 0 atom stereocenters. The van der Waals surface area contributed by atoms with Gasteiger partial charge >= 0.3 is 0 Å². The van der Waals surface area contributed by atoms with Crippen LogP contribution in [0.25, 0.3) is 0 Å². The van der Waals surface area contributed by atoms with E-state index in [1.807, 2.05) is 0 Å². The summed E-state index contributed by atoms with van der Waals surface area (Å²) in [5.74, 6) is 0. The van der Waals surface area contributed by atoms with Gasteiger partial charge in [0.25, 0.3) is 0 Å². The zero-order valence-electron chi connectivity index (χ0n) is 3.26. The van der Waals surface area contributed by atoms with Gasteiger partial charge in [-0.1, -0.05) is 0 Å². The van der Waals surface area contributed by atoms with E-state index in [0.29, 0.717) is 4.47 Å². The van der Waals surface area contributed by atoms with Gasteiger partial charge in [-0.3, -0.25) is 0 Å². The summed E-state index contributed by atoms with van der Waals surface area (Å²) in [6.07, 6.45) is 2.32. The van der Waals surface area contributed by atoms with Crippen molar-refractivity contribution in [3.8, 4) is 0 Å². The summed E-state index contributed by atoms with van der Waals surface area (Å²) in [5, 5.41) is 0. The average Bonchev–Trinajstić information content (AvgIpc) is 1.86. The third-order valence-electron chi connectivity index (χ3n) is 0.300. The van der Waals surface area contributed by atoms with E-state index in [0.717, 1.165) is 11.5 Å². The summed E-state index contributed by atoms with van der Waals surface area (Å²) >= 11 is 6.40. The van der Waals surface area contributed by atoms with Gasteiger partial charge in [0.2, 0.25) is 0 Å². The first-order valence-electron chi connectivity index (χ1n) is 1.25. The first-order chi connectivity index (χ1) is 2.89. The zero-order chi connectivity index (χ0) is 4.41. The molecule has 0 aliphatic rings. The second kappa shape index (κ2) is 3.90. The Labute approximate surface area is 75.3 Å². The van der Waals surface area contributed by atoms with Crippen LogP contribution in [0, 0.1) is 6.33 Å². The minimum atomic E-state index is 0. The molecule has 0 aromatic carbocycles. The standard InChI is InChI=1S/C2ClN2S.Y/c3-2-4-1-5-6-2;/q-1;.